The fourth-order valence-corrected chi connectivity index (χ4v) is 1.79. The third kappa shape index (κ3) is 2.12. The molecule has 0 spiro atoms. The standard InChI is InChI=1S/C12H14N2O2/c13-10-6-7-11(15)14(12(10)16)8-9-4-2-1-3-5-9/h1-5,10H,6-8,13H2/t10-/m0/s1. The number of nitrogens with two attached hydrogens (primary N) is 1. The van der Waals surface area contributed by atoms with Crippen LogP contribution in [0.25, 0.3) is 0 Å². The minimum absolute atomic E-state index is 0.129. The van der Waals surface area contributed by atoms with Gasteiger partial charge in [-0.2, -0.15) is 0 Å². The summed E-state index contributed by atoms with van der Waals surface area (Å²) >= 11 is 0. The van der Waals surface area contributed by atoms with Gasteiger partial charge in [-0.05, 0) is 12.0 Å². The molecule has 2 amide bonds. The highest BCUT2D eigenvalue weighted by molar-refractivity contribution is 6.00. The third-order valence-corrected chi connectivity index (χ3v) is 2.74. The van der Waals surface area contributed by atoms with Gasteiger partial charge in [-0.1, -0.05) is 30.3 Å². The Morgan fingerprint density at radius 1 is 1.25 bits per heavy atom. The van der Waals surface area contributed by atoms with Gasteiger partial charge in [0.15, 0.2) is 0 Å². The highest BCUT2D eigenvalue weighted by atomic mass is 16.2. The fourth-order valence-electron chi connectivity index (χ4n) is 1.79. The molecule has 1 aromatic carbocycles. The number of carbonyl (C=O) groups is 2. The summed E-state index contributed by atoms with van der Waals surface area (Å²) < 4.78 is 0. The first kappa shape index (κ1) is 10.8. The van der Waals surface area contributed by atoms with Crippen molar-refractivity contribution in [3.8, 4) is 0 Å². The van der Waals surface area contributed by atoms with Crippen molar-refractivity contribution in [1.29, 1.82) is 0 Å². The summed E-state index contributed by atoms with van der Waals surface area (Å²) in [5, 5.41) is 0. The molecule has 0 bridgehead atoms. The number of benzene rings is 1. The van der Waals surface area contributed by atoms with Gasteiger partial charge in [0, 0.05) is 6.42 Å². The molecule has 0 saturated carbocycles. The summed E-state index contributed by atoms with van der Waals surface area (Å²) in [5.41, 5.74) is 6.58. The highest BCUT2D eigenvalue weighted by Gasteiger charge is 2.31. The lowest BCUT2D eigenvalue weighted by Gasteiger charge is -2.28. The number of imide groups is 1. The van der Waals surface area contributed by atoms with E-state index in [2.05, 4.69) is 0 Å². The molecule has 1 saturated heterocycles. The van der Waals surface area contributed by atoms with Gasteiger partial charge in [-0.25, -0.2) is 0 Å². The van der Waals surface area contributed by atoms with Gasteiger partial charge in [0.2, 0.25) is 11.8 Å². The molecule has 4 nitrogen and oxygen atoms in total. The van der Waals surface area contributed by atoms with Crippen molar-refractivity contribution < 1.29 is 9.59 Å². The van der Waals surface area contributed by atoms with Crippen LogP contribution in [0, 0.1) is 0 Å². The van der Waals surface area contributed by atoms with Crippen molar-refractivity contribution in [3.05, 3.63) is 35.9 Å². The number of amides is 2. The molecular weight excluding hydrogens is 204 g/mol. The van der Waals surface area contributed by atoms with Crippen molar-refractivity contribution in [2.24, 2.45) is 5.73 Å². The summed E-state index contributed by atoms with van der Waals surface area (Å²) in [7, 11) is 0. The maximum atomic E-state index is 11.7. The highest BCUT2D eigenvalue weighted by Crippen LogP contribution is 2.15. The van der Waals surface area contributed by atoms with E-state index in [0.29, 0.717) is 19.4 Å². The molecule has 0 unspecified atom stereocenters. The molecule has 0 aromatic heterocycles. The average Bonchev–Trinajstić information content (AvgIpc) is 2.31. The van der Waals surface area contributed by atoms with E-state index in [4.69, 9.17) is 5.73 Å². The SMILES string of the molecule is N[C@H]1CCC(=O)N(Cc2ccccc2)C1=O. The van der Waals surface area contributed by atoms with Crippen LogP contribution in [0.1, 0.15) is 18.4 Å². The lowest BCUT2D eigenvalue weighted by molar-refractivity contribution is -0.149. The number of piperidine rings is 1. The maximum absolute atomic E-state index is 11.7. The van der Waals surface area contributed by atoms with E-state index in [9.17, 15) is 9.59 Å². The van der Waals surface area contributed by atoms with Crippen LogP contribution in [0.3, 0.4) is 0 Å². The monoisotopic (exact) mass is 218 g/mol. The second-order valence-electron chi connectivity index (χ2n) is 3.95. The summed E-state index contributed by atoms with van der Waals surface area (Å²) in [4.78, 5) is 24.6. The van der Waals surface area contributed by atoms with Crippen LogP contribution < -0.4 is 5.73 Å². The van der Waals surface area contributed by atoms with Crippen LogP contribution in [-0.4, -0.2) is 22.8 Å². The van der Waals surface area contributed by atoms with E-state index in [-0.39, 0.29) is 11.8 Å². The molecule has 0 radical (unpaired) electrons. The van der Waals surface area contributed by atoms with Crippen LogP contribution >= 0.6 is 0 Å². The molecule has 1 fully saturated rings. The summed E-state index contributed by atoms with van der Waals surface area (Å²) in [6.45, 7) is 0.326. The van der Waals surface area contributed by atoms with Crippen LogP contribution in [0.4, 0.5) is 0 Å². The Bertz CT molecular complexity index is 403. The summed E-state index contributed by atoms with van der Waals surface area (Å²) in [5.74, 6) is -0.393. The van der Waals surface area contributed by atoms with E-state index >= 15 is 0 Å². The molecule has 2 N–H and O–H groups in total. The average molecular weight is 218 g/mol. The molecule has 84 valence electrons. The topological polar surface area (TPSA) is 63.4 Å². The zero-order valence-electron chi connectivity index (χ0n) is 8.93. The maximum Gasteiger partial charge on any atom is 0.246 e. The number of hydrogen-bond acceptors (Lipinski definition) is 3. The molecule has 1 atom stereocenters. The molecule has 1 aliphatic heterocycles. The number of carbonyl (C=O) groups excluding carboxylic acids is 2. The lowest BCUT2D eigenvalue weighted by atomic mass is 10.0. The molecule has 4 heteroatoms. The molecule has 1 heterocycles. The van der Waals surface area contributed by atoms with Crippen molar-refractivity contribution in [3.63, 3.8) is 0 Å². The predicted octanol–water partition coefficient (Wildman–Crippen LogP) is 0.663. The minimum atomic E-state index is -0.526. The number of nitrogens with zero attached hydrogens (tertiary/aromatic N) is 1. The van der Waals surface area contributed by atoms with Gasteiger partial charge in [0.05, 0.1) is 12.6 Å². The van der Waals surface area contributed by atoms with E-state index in [1.165, 1.54) is 4.90 Å². The van der Waals surface area contributed by atoms with Crippen LogP contribution in [0.2, 0.25) is 0 Å². The van der Waals surface area contributed by atoms with Crippen molar-refractivity contribution >= 4 is 11.8 Å². The van der Waals surface area contributed by atoms with Crippen LogP contribution in [0.15, 0.2) is 30.3 Å². The smallest absolute Gasteiger partial charge is 0.246 e. The molecule has 2 rings (SSSR count). The summed E-state index contributed by atoms with van der Waals surface area (Å²) in [6, 6.07) is 8.92. The Morgan fingerprint density at radius 3 is 2.62 bits per heavy atom. The Morgan fingerprint density at radius 2 is 1.94 bits per heavy atom. The summed E-state index contributed by atoms with van der Waals surface area (Å²) in [6.07, 6.45) is 0.822. The van der Waals surface area contributed by atoms with Gasteiger partial charge in [0.25, 0.3) is 0 Å². The molecular formula is C12H14N2O2. The molecule has 0 aliphatic carbocycles. The molecule has 16 heavy (non-hydrogen) atoms. The number of likely N-dealkylation sites (tertiary alicyclic amines) is 1. The van der Waals surface area contributed by atoms with E-state index in [1.54, 1.807) is 0 Å². The quantitative estimate of drug-likeness (QED) is 0.742. The zero-order valence-corrected chi connectivity index (χ0v) is 8.93. The van der Waals surface area contributed by atoms with Gasteiger partial charge < -0.3 is 5.73 Å². The Kier molecular flexibility index (Phi) is 3.01. The number of hydrogen-bond donors (Lipinski definition) is 1. The predicted molar refractivity (Wildman–Crippen MR) is 59.2 cm³/mol. The third-order valence-electron chi connectivity index (χ3n) is 2.74. The van der Waals surface area contributed by atoms with Gasteiger partial charge in [-0.15, -0.1) is 0 Å². The first-order valence-corrected chi connectivity index (χ1v) is 5.32. The van der Waals surface area contributed by atoms with Gasteiger partial charge in [0.1, 0.15) is 0 Å². The minimum Gasteiger partial charge on any atom is -0.320 e. The van der Waals surface area contributed by atoms with Crippen LogP contribution in [-0.2, 0) is 16.1 Å². The van der Waals surface area contributed by atoms with Crippen LogP contribution in [0.5, 0.6) is 0 Å². The van der Waals surface area contributed by atoms with Crippen molar-refractivity contribution in [1.82, 2.24) is 4.90 Å². The van der Waals surface area contributed by atoms with Gasteiger partial charge in [-0.3, -0.25) is 14.5 Å². The first-order valence-electron chi connectivity index (χ1n) is 5.32. The van der Waals surface area contributed by atoms with Gasteiger partial charge >= 0.3 is 0 Å². The normalized spacial score (nSPS) is 21.3. The van der Waals surface area contributed by atoms with E-state index in [0.717, 1.165) is 5.56 Å². The first-order chi connectivity index (χ1) is 7.68. The molecule has 1 aliphatic rings. The van der Waals surface area contributed by atoms with E-state index in [1.807, 2.05) is 30.3 Å². The Hall–Kier alpha value is -1.68. The molecule has 1 aromatic rings. The van der Waals surface area contributed by atoms with Crippen molar-refractivity contribution in [2.45, 2.75) is 25.4 Å². The zero-order chi connectivity index (χ0) is 11.5. The number of rotatable bonds is 2. The Labute approximate surface area is 94.0 Å². The Balaban J connectivity index is 2.13. The fraction of sp³-hybridized carbons (Fsp3) is 0.333. The second-order valence-corrected chi connectivity index (χ2v) is 3.95. The van der Waals surface area contributed by atoms with E-state index < -0.39 is 6.04 Å². The lowest BCUT2D eigenvalue weighted by Crippen LogP contribution is -2.50. The largest absolute Gasteiger partial charge is 0.320 e. The second kappa shape index (κ2) is 4.45. The van der Waals surface area contributed by atoms with Crippen molar-refractivity contribution in [2.75, 3.05) is 0 Å².